The lowest BCUT2D eigenvalue weighted by Gasteiger charge is -2.24. The van der Waals surface area contributed by atoms with Crippen LogP contribution in [0.3, 0.4) is 0 Å². The highest BCUT2D eigenvalue weighted by molar-refractivity contribution is 5.98. The Morgan fingerprint density at radius 2 is 1.54 bits per heavy atom. The van der Waals surface area contributed by atoms with Gasteiger partial charge in [0.1, 0.15) is 12.1 Å². The van der Waals surface area contributed by atoms with Crippen LogP contribution in [0, 0.1) is 11.8 Å². The number of nitrogens with two attached hydrogens (primary N) is 2. The molecule has 14 nitrogen and oxygen atoms in total. The largest absolute Gasteiger partial charge is 0.481 e. The molecule has 9 N–H and O–H groups in total. The number of nitrogens with one attached hydrogen (secondary N) is 4. The number of Topliss-reactive ketones (excluding diaryl/α,β-unsaturated/α-hetero) is 1. The van der Waals surface area contributed by atoms with Gasteiger partial charge in [0.2, 0.25) is 23.6 Å². The van der Waals surface area contributed by atoms with Gasteiger partial charge >= 0.3 is 5.97 Å². The van der Waals surface area contributed by atoms with Crippen molar-refractivity contribution in [3.63, 3.8) is 0 Å². The third kappa shape index (κ3) is 14.5. The van der Waals surface area contributed by atoms with Crippen molar-refractivity contribution in [2.24, 2.45) is 28.3 Å². The van der Waals surface area contributed by atoms with Gasteiger partial charge in [-0.1, -0.05) is 63.4 Å². The molecule has 0 radical (unpaired) electrons. The number of rotatable bonds is 14. The van der Waals surface area contributed by atoms with Crippen LogP contribution in [-0.2, 0) is 35.2 Å². The topological polar surface area (TPSA) is 235 Å². The van der Waals surface area contributed by atoms with E-state index < -0.39 is 72.4 Å². The number of hydrogen-bond donors (Lipinski definition) is 7. The van der Waals surface area contributed by atoms with Crippen LogP contribution < -0.4 is 32.7 Å². The molecule has 2 rings (SSSR count). The standard InChI is InChI=1S/C32H49N7O7/c1-20(2)10-6-7-13-22-17-26(40)24(16-21-11-4-3-5-12-21)39-31(46)25(18-28(42)43)37-27(41)19-36-30(45)23(38-29(22)44)14-8-9-15-35-32(33)34/h3-5,11-12,20,22-25H,6-10,13-19H2,1-2H3,(H,36,45)(H,37,41)(H,38,44)(H,39,46)(H,42,43)(H4,33,34,35)/t22-,23+,24-,25+/m1/s1. The predicted octanol–water partition coefficient (Wildman–Crippen LogP) is 0.524. The Bertz CT molecular complexity index is 1220. The van der Waals surface area contributed by atoms with Crippen LogP contribution >= 0.6 is 0 Å². The molecule has 4 atom stereocenters. The average Bonchev–Trinajstić information content (AvgIpc) is 2.99. The van der Waals surface area contributed by atoms with Crippen LogP contribution in [0.15, 0.2) is 35.3 Å². The van der Waals surface area contributed by atoms with Crippen LogP contribution in [0.25, 0.3) is 0 Å². The van der Waals surface area contributed by atoms with Gasteiger partial charge in [0.25, 0.3) is 0 Å². The number of carboxylic acids is 1. The summed E-state index contributed by atoms with van der Waals surface area (Å²) in [6.07, 6.45) is 3.21. The molecular formula is C32H49N7O7. The molecule has 14 heteroatoms. The van der Waals surface area contributed by atoms with Crippen LogP contribution in [0.1, 0.15) is 77.2 Å². The van der Waals surface area contributed by atoms with Gasteiger partial charge in [-0.3, -0.25) is 33.8 Å². The summed E-state index contributed by atoms with van der Waals surface area (Å²) < 4.78 is 0. The first kappa shape index (κ1) is 37.7. The van der Waals surface area contributed by atoms with Crippen molar-refractivity contribution in [1.82, 2.24) is 21.3 Å². The summed E-state index contributed by atoms with van der Waals surface area (Å²) in [7, 11) is 0. The summed E-state index contributed by atoms with van der Waals surface area (Å²) in [6, 6.07) is 5.34. The summed E-state index contributed by atoms with van der Waals surface area (Å²) in [5.74, 6) is -4.92. The molecule has 0 saturated carbocycles. The normalized spacial score (nSPS) is 21.7. The van der Waals surface area contributed by atoms with Crippen LogP contribution in [0.5, 0.6) is 0 Å². The molecule has 1 heterocycles. The van der Waals surface area contributed by atoms with Crippen molar-refractivity contribution in [1.29, 1.82) is 0 Å². The molecular weight excluding hydrogens is 594 g/mol. The number of carbonyl (C=O) groups excluding carboxylic acids is 5. The number of ketones is 1. The first-order chi connectivity index (χ1) is 21.8. The number of hydrogen-bond acceptors (Lipinski definition) is 7. The van der Waals surface area contributed by atoms with Gasteiger partial charge in [0.05, 0.1) is 19.0 Å². The maximum Gasteiger partial charge on any atom is 0.305 e. The van der Waals surface area contributed by atoms with E-state index in [4.69, 9.17) is 11.5 Å². The fourth-order valence-electron chi connectivity index (χ4n) is 5.17. The van der Waals surface area contributed by atoms with Crippen molar-refractivity contribution >= 4 is 41.3 Å². The van der Waals surface area contributed by atoms with E-state index >= 15 is 0 Å². The number of benzene rings is 1. The van der Waals surface area contributed by atoms with Gasteiger partial charge in [0, 0.05) is 18.9 Å². The van der Waals surface area contributed by atoms with Gasteiger partial charge < -0.3 is 37.8 Å². The van der Waals surface area contributed by atoms with E-state index in [1.807, 2.05) is 6.07 Å². The first-order valence-corrected chi connectivity index (χ1v) is 15.9. The lowest BCUT2D eigenvalue weighted by Crippen LogP contribution is -2.54. The van der Waals surface area contributed by atoms with E-state index in [1.54, 1.807) is 24.3 Å². The Kier molecular flexibility index (Phi) is 16.2. The monoisotopic (exact) mass is 643 g/mol. The molecule has 4 amide bonds. The molecule has 1 aromatic carbocycles. The van der Waals surface area contributed by atoms with E-state index in [2.05, 4.69) is 40.1 Å². The summed E-state index contributed by atoms with van der Waals surface area (Å²) in [4.78, 5) is 82.2. The summed E-state index contributed by atoms with van der Waals surface area (Å²) in [5.41, 5.74) is 11.5. The third-order valence-corrected chi connectivity index (χ3v) is 7.67. The van der Waals surface area contributed by atoms with Gasteiger partial charge in [0.15, 0.2) is 11.7 Å². The maximum absolute atomic E-state index is 13.8. The fraction of sp³-hybridized carbons (Fsp3) is 0.594. The lowest BCUT2D eigenvalue weighted by molar-refractivity contribution is -0.141. The van der Waals surface area contributed by atoms with Crippen molar-refractivity contribution in [3.8, 4) is 0 Å². The molecule has 0 unspecified atom stereocenters. The Hall–Kier alpha value is -4.49. The van der Waals surface area contributed by atoms with E-state index in [9.17, 15) is 33.9 Å². The first-order valence-electron chi connectivity index (χ1n) is 15.9. The molecule has 46 heavy (non-hydrogen) atoms. The Morgan fingerprint density at radius 1 is 0.870 bits per heavy atom. The number of guanidine groups is 1. The average molecular weight is 644 g/mol. The van der Waals surface area contributed by atoms with Gasteiger partial charge in [-0.2, -0.15) is 0 Å². The quantitative estimate of drug-likeness (QED) is 0.0849. The summed E-state index contributed by atoms with van der Waals surface area (Å²) in [5, 5.41) is 19.7. The smallest absolute Gasteiger partial charge is 0.305 e. The number of amides is 4. The predicted molar refractivity (Wildman–Crippen MR) is 172 cm³/mol. The third-order valence-electron chi connectivity index (χ3n) is 7.67. The number of aliphatic imine (C=N–C) groups is 1. The molecule has 0 aromatic heterocycles. The Labute approximate surface area is 269 Å². The molecule has 1 aromatic rings. The zero-order valence-corrected chi connectivity index (χ0v) is 26.8. The highest BCUT2D eigenvalue weighted by atomic mass is 16.4. The van der Waals surface area contributed by atoms with Crippen molar-refractivity contribution in [2.75, 3.05) is 13.1 Å². The highest BCUT2D eigenvalue weighted by Gasteiger charge is 2.33. The highest BCUT2D eigenvalue weighted by Crippen LogP contribution is 2.20. The molecule has 1 fully saturated rings. The van der Waals surface area contributed by atoms with Crippen LogP contribution in [0.2, 0.25) is 0 Å². The Morgan fingerprint density at radius 3 is 2.20 bits per heavy atom. The fourth-order valence-corrected chi connectivity index (χ4v) is 5.17. The van der Waals surface area contributed by atoms with E-state index in [-0.39, 0.29) is 25.2 Å². The minimum absolute atomic E-state index is 0.0596. The Balaban J connectivity index is 2.42. The number of carboxylic acid groups (broad SMARTS) is 1. The van der Waals surface area contributed by atoms with E-state index in [1.165, 1.54) is 0 Å². The SMILES string of the molecule is CC(C)CCCC[C@@H]1CC(=O)[C@@H](Cc2ccccc2)NC(=O)[C@H](CC(=O)O)NC(=O)CNC(=O)[C@H](CCCCN=C(N)N)NC1=O. The molecule has 254 valence electrons. The molecule has 1 aliphatic rings. The molecule has 0 bridgehead atoms. The molecule has 0 spiro atoms. The number of unbranched alkanes of at least 4 members (excludes halogenated alkanes) is 2. The molecule has 1 saturated heterocycles. The van der Waals surface area contributed by atoms with E-state index in [0.717, 1.165) is 18.4 Å². The molecule has 0 aliphatic carbocycles. The minimum Gasteiger partial charge on any atom is -0.481 e. The van der Waals surface area contributed by atoms with Gasteiger partial charge in [-0.15, -0.1) is 0 Å². The van der Waals surface area contributed by atoms with Crippen molar-refractivity contribution in [3.05, 3.63) is 35.9 Å². The number of nitrogens with zero attached hydrogens (tertiary/aromatic N) is 1. The van der Waals surface area contributed by atoms with Gasteiger partial charge in [-0.05, 0) is 43.6 Å². The second kappa shape index (κ2) is 19.8. The zero-order chi connectivity index (χ0) is 34.1. The summed E-state index contributed by atoms with van der Waals surface area (Å²) >= 11 is 0. The van der Waals surface area contributed by atoms with Crippen molar-refractivity contribution < 1.29 is 33.9 Å². The summed E-state index contributed by atoms with van der Waals surface area (Å²) in [6.45, 7) is 3.97. The van der Waals surface area contributed by atoms with Crippen LogP contribution in [-0.4, -0.2) is 77.7 Å². The number of carbonyl (C=O) groups is 6. The number of aliphatic carboxylic acids is 1. The second-order valence-corrected chi connectivity index (χ2v) is 12.1. The van der Waals surface area contributed by atoms with E-state index in [0.29, 0.717) is 38.1 Å². The van der Waals surface area contributed by atoms with Crippen LogP contribution in [0.4, 0.5) is 0 Å². The lowest BCUT2D eigenvalue weighted by atomic mass is 9.89. The van der Waals surface area contributed by atoms with Crippen molar-refractivity contribution in [2.45, 2.75) is 96.2 Å². The second-order valence-electron chi connectivity index (χ2n) is 12.1. The molecule has 1 aliphatic heterocycles. The van der Waals surface area contributed by atoms with Gasteiger partial charge in [-0.25, -0.2) is 0 Å². The maximum atomic E-state index is 13.8. The minimum atomic E-state index is -1.50. The zero-order valence-electron chi connectivity index (χ0n) is 26.8.